The van der Waals surface area contributed by atoms with Crippen molar-refractivity contribution in [2.24, 2.45) is 5.41 Å². The lowest BCUT2D eigenvalue weighted by molar-refractivity contribution is -0.161. The first-order chi connectivity index (χ1) is 16.7. The van der Waals surface area contributed by atoms with Gasteiger partial charge in [0.25, 0.3) is 5.92 Å². The summed E-state index contributed by atoms with van der Waals surface area (Å²) in [5.74, 6) is -3.47. The van der Waals surface area contributed by atoms with Crippen LogP contribution in [0.15, 0.2) is 67.0 Å². The number of Topliss-reactive ketones (excluding diaryl/α,β-unsaturated/α-hetero) is 1. The molecule has 0 spiro atoms. The number of ketones is 1. The number of amides is 1. The summed E-state index contributed by atoms with van der Waals surface area (Å²) >= 11 is 0. The van der Waals surface area contributed by atoms with E-state index in [4.69, 9.17) is 10.5 Å². The molecule has 0 atom stereocenters. The molecule has 1 amide bonds. The van der Waals surface area contributed by atoms with Crippen molar-refractivity contribution >= 4 is 28.8 Å². The zero-order valence-electron chi connectivity index (χ0n) is 19.2. The number of aromatic nitrogens is 1. The van der Waals surface area contributed by atoms with E-state index in [1.807, 2.05) is 0 Å². The smallest absolute Gasteiger partial charge is 0.272 e. The number of anilines is 3. The molecular weight excluding hydrogens is 454 g/mol. The Balaban J connectivity index is 1.36. The maximum atomic E-state index is 13.9. The van der Waals surface area contributed by atoms with Crippen LogP contribution in [0.1, 0.15) is 34.8 Å². The summed E-state index contributed by atoms with van der Waals surface area (Å²) in [6.45, 7) is 1.42. The van der Waals surface area contributed by atoms with Crippen molar-refractivity contribution in [3.63, 3.8) is 0 Å². The predicted molar refractivity (Wildman–Crippen MR) is 128 cm³/mol. The Morgan fingerprint density at radius 1 is 1.11 bits per heavy atom. The molecule has 0 saturated carbocycles. The summed E-state index contributed by atoms with van der Waals surface area (Å²) < 4.78 is 33.0. The zero-order valence-corrected chi connectivity index (χ0v) is 19.2. The first-order valence-corrected chi connectivity index (χ1v) is 11.1. The molecule has 1 aliphatic heterocycles. The molecule has 3 aromatic rings. The lowest BCUT2D eigenvalue weighted by atomic mass is 9.79. The Morgan fingerprint density at radius 3 is 2.46 bits per heavy atom. The molecule has 35 heavy (non-hydrogen) atoms. The van der Waals surface area contributed by atoms with E-state index in [0.717, 1.165) is 12.5 Å². The van der Waals surface area contributed by atoms with Crippen LogP contribution >= 0.6 is 0 Å². The number of hydrogen-bond acceptors (Lipinski definition) is 6. The number of benzene rings is 2. The maximum absolute atomic E-state index is 13.9. The number of para-hydroxylation sites is 1. The number of nitrogens with zero attached hydrogens (tertiary/aromatic N) is 1. The summed E-state index contributed by atoms with van der Waals surface area (Å²) in [7, 11) is 0. The van der Waals surface area contributed by atoms with Gasteiger partial charge in [0.15, 0.2) is 5.78 Å². The fourth-order valence-corrected chi connectivity index (χ4v) is 3.89. The van der Waals surface area contributed by atoms with Crippen molar-refractivity contribution in [2.45, 2.75) is 25.8 Å². The molecule has 0 aliphatic carbocycles. The largest absolute Gasteiger partial charge is 0.397 e. The molecule has 7 nitrogen and oxygen atoms in total. The lowest BCUT2D eigenvalue weighted by Gasteiger charge is -2.39. The number of pyridine rings is 1. The molecule has 0 unspecified atom stereocenters. The number of nitrogens with one attached hydrogen (secondary N) is 2. The lowest BCUT2D eigenvalue weighted by Crippen LogP contribution is -2.55. The second-order valence-corrected chi connectivity index (χ2v) is 8.82. The quantitative estimate of drug-likeness (QED) is 0.392. The monoisotopic (exact) mass is 480 g/mol. The van der Waals surface area contributed by atoms with Crippen LogP contribution in [0.25, 0.3) is 0 Å². The van der Waals surface area contributed by atoms with E-state index in [-0.39, 0.29) is 43.4 Å². The summed E-state index contributed by atoms with van der Waals surface area (Å²) in [5, 5.41) is 5.90. The number of alkyl halides is 2. The van der Waals surface area contributed by atoms with Crippen molar-refractivity contribution in [2.75, 3.05) is 24.3 Å². The van der Waals surface area contributed by atoms with Crippen LogP contribution < -0.4 is 16.4 Å². The minimum atomic E-state index is -2.97. The molecule has 0 radical (unpaired) electrons. The molecule has 1 aromatic heterocycles. The first-order valence-electron chi connectivity index (χ1n) is 11.1. The Morgan fingerprint density at radius 2 is 1.83 bits per heavy atom. The highest BCUT2D eigenvalue weighted by atomic mass is 19.3. The third-order valence-corrected chi connectivity index (χ3v) is 5.90. The van der Waals surface area contributed by atoms with Gasteiger partial charge in [0.2, 0.25) is 5.91 Å². The number of hydrogen-bond donors (Lipinski definition) is 3. The molecular formula is C26H26F2N4O3. The third-order valence-electron chi connectivity index (χ3n) is 5.90. The first kappa shape index (κ1) is 24.3. The van der Waals surface area contributed by atoms with Gasteiger partial charge < -0.3 is 21.1 Å². The zero-order chi connectivity index (χ0) is 25.1. The Bertz CT molecular complexity index is 1220. The predicted octanol–water partition coefficient (Wildman–Crippen LogP) is 4.42. The van der Waals surface area contributed by atoms with E-state index in [1.54, 1.807) is 42.5 Å². The van der Waals surface area contributed by atoms with Gasteiger partial charge in [0.1, 0.15) is 5.41 Å². The molecule has 1 fully saturated rings. The highest BCUT2D eigenvalue weighted by molar-refractivity contribution is 6.00. The normalized spacial score (nSPS) is 14.6. The van der Waals surface area contributed by atoms with Crippen molar-refractivity contribution in [3.05, 3.63) is 83.7 Å². The number of nitrogens with two attached hydrogens (primary N) is 1. The summed E-state index contributed by atoms with van der Waals surface area (Å²) in [4.78, 5) is 29.5. The second-order valence-electron chi connectivity index (χ2n) is 8.82. The third kappa shape index (κ3) is 5.63. The van der Waals surface area contributed by atoms with Gasteiger partial charge in [-0.3, -0.25) is 14.6 Å². The fraction of sp³-hybridized carbons (Fsp3) is 0.269. The van der Waals surface area contributed by atoms with E-state index < -0.39 is 11.3 Å². The van der Waals surface area contributed by atoms with E-state index >= 15 is 0 Å². The fourth-order valence-electron chi connectivity index (χ4n) is 3.89. The Kier molecular flexibility index (Phi) is 6.79. The van der Waals surface area contributed by atoms with Crippen molar-refractivity contribution in [1.29, 1.82) is 0 Å². The van der Waals surface area contributed by atoms with Crippen LogP contribution in [0.5, 0.6) is 0 Å². The maximum Gasteiger partial charge on any atom is 0.272 e. The van der Waals surface area contributed by atoms with Crippen LogP contribution in [0, 0.1) is 5.41 Å². The van der Waals surface area contributed by atoms with Crippen molar-refractivity contribution < 1.29 is 23.1 Å². The highest BCUT2D eigenvalue weighted by Crippen LogP contribution is 2.35. The Hall–Kier alpha value is -3.85. The average molecular weight is 481 g/mol. The molecule has 1 aliphatic rings. The number of nitrogen functional groups attached to an aromatic ring is 1. The second kappa shape index (κ2) is 9.79. The van der Waals surface area contributed by atoms with E-state index in [2.05, 4.69) is 15.6 Å². The molecule has 2 heterocycles. The molecule has 0 bridgehead atoms. The number of rotatable bonds is 9. The molecule has 2 aromatic carbocycles. The summed E-state index contributed by atoms with van der Waals surface area (Å²) in [6, 6.07) is 14.9. The van der Waals surface area contributed by atoms with Crippen LogP contribution in [0.3, 0.4) is 0 Å². The topological polar surface area (TPSA) is 106 Å². The van der Waals surface area contributed by atoms with E-state index in [1.165, 1.54) is 24.5 Å². The van der Waals surface area contributed by atoms with Gasteiger partial charge >= 0.3 is 0 Å². The van der Waals surface area contributed by atoms with Crippen LogP contribution in [-0.2, 0) is 22.0 Å². The average Bonchev–Trinajstić information content (AvgIpc) is 2.80. The minimum Gasteiger partial charge on any atom is -0.397 e. The van der Waals surface area contributed by atoms with Gasteiger partial charge in [0.05, 0.1) is 18.9 Å². The Labute approximate surface area is 201 Å². The minimum absolute atomic E-state index is 0.00566. The van der Waals surface area contributed by atoms with Crippen molar-refractivity contribution in [3.8, 4) is 0 Å². The number of ether oxygens (including phenoxy) is 1. The van der Waals surface area contributed by atoms with Gasteiger partial charge in [-0.05, 0) is 29.8 Å². The highest BCUT2D eigenvalue weighted by Gasteiger charge is 2.47. The van der Waals surface area contributed by atoms with E-state index in [0.29, 0.717) is 22.6 Å². The standard InChI is InChI=1S/C26H26F2N4O3/c1-25(27,28)21-4-2-3-5-22(21)32-20-8-6-17(7-9-20)12-31-24(34)26(15-35-16-26)11-23(33)18-10-19(29)14-30-13-18/h2-10,13-14,32H,11-12,15-16,29H2,1H3,(H,31,34). The molecule has 1 saturated heterocycles. The van der Waals surface area contributed by atoms with Gasteiger partial charge in [-0.25, -0.2) is 8.78 Å². The van der Waals surface area contributed by atoms with Gasteiger partial charge in [-0.1, -0.05) is 30.3 Å². The number of carbonyl (C=O) groups is 2. The number of halogens is 2. The van der Waals surface area contributed by atoms with Crippen molar-refractivity contribution in [1.82, 2.24) is 10.3 Å². The molecule has 9 heteroatoms. The van der Waals surface area contributed by atoms with Gasteiger partial charge in [0, 0.05) is 54.8 Å². The number of carbonyl (C=O) groups excluding carboxylic acids is 2. The van der Waals surface area contributed by atoms with E-state index in [9.17, 15) is 18.4 Å². The summed E-state index contributed by atoms with van der Waals surface area (Å²) in [5.41, 5.74) is 7.20. The van der Waals surface area contributed by atoms with Gasteiger partial charge in [-0.15, -0.1) is 0 Å². The van der Waals surface area contributed by atoms with Crippen LogP contribution in [0.2, 0.25) is 0 Å². The molecule has 4 N–H and O–H groups in total. The molecule has 182 valence electrons. The van der Waals surface area contributed by atoms with Crippen LogP contribution in [0.4, 0.5) is 25.8 Å². The van der Waals surface area contributed by atoms with Crippen LogP contribution in [-0.4, -0.2) is 29.9 Å². The molecule has 4 rings (SSSR count). The SMILES string of the molecule is CC(F)(F)c1ccccc1Nc1ccc(CNC(=O)C2(CC(=O)c3cncc(N)c3)COC2)cc1. The van der Waals surface area contributed by atoms with Gasteiger partial charge in [-0.2, -0.15) is 0 Å². The summed E-state index contributed by atoms with van der Waals surface area (Å²) in [6.07, 6.45) is 2.87.